The Morgan fingerprint density at radius 2 is 2.12 bits per heavy atom. The van der Waals surface area contributed by atoms with Crippen molar-refractivity contribution in [2.24, 2.45) is 0 Å². The second-order valence-corrected chi connectivity index (χ2v) is 6.85. The molecule has 1 fully saturated rings. The highest BCUT2D eigenvalue weighted by molar-refractivity contribution is 7.91. The molecule has 1 aromatic rings. The van der Waals surface area contributed by atoms with Gasteiger partial charge < -0.3 is 5.32 Å². The molecule has 17 heavy (non-hydrogen) atoms. The lowest BCUT2D eigenvalue weighted by molar-refractivity contribution is 0.576. The summed E-state index contributed by atoms with van der Waals surface area (Å²) in [6, 6.07) is 5.65. The van der Waals surface area contributed by atoms with Gasteiger partial charge in [0.2, 0.25) is 0 Å². The van der Waals surface area contributed by atoms with Crippen molar-refractivity contribution in [2.45, 2.75) is 37.6 Å². The second kappa shape index (κ2) is 4.78. The molecule has 94 valence electrons. The van der Waals surface area contributed by atoms with Gasteiger partial charge in [-0.1, -0.05) is 17.7 Å². The van der Waals surface area contributed by atoms with E-state index in [0.717, 1.165) is 30.5 Å². The summed E-state index contributed by atoms with van der Waals surface area (Å²) in [5.74, 6) is 0.219. The Morgan fingerprint density at radius 3 is 2.71 bits per heavy atom. The van der Waals surface area contributed by atoms with Gasteiger partial charge in [0.1, 0.15) is 0 Å². The van der Waals surface area contributed by atoms with Crippen LogP contribution in [-0.2, 0) is 9.84 Å². The van der Waals surface area contributed by atoms with Crippen LogP contribution in [0, 0.1) is 13.8 Å². The van der Waals surface area contributed by atoms with Crippen molar-refractivity contribution in [2.75, 3.05) is 12.3 Å². The van der Waals surface area contributed by atoms with Crippen LogP contribution in [0.4, 0.5) is 0 Å². The lowest BCUT2D eigenvalue weighted by atomic mass is 10.2. The predicted molar refractivity (Wildman–Crippen MR) is 69.0 cm³/mol. The van der Waals surface area contributed by atoms with E-state index in [1.54, 1.807) is 6.07 Å². The number of hydrogen-bond acceptors (Lipinski definition) is 3. The minimum Gasteiger partial charge on any atom is -0.313 e. The maximum Gasteiger partial charge on any atom is 0.180 e. The summed E-state index contributed by atoms with van der Waals surface area (Å²) in [7, 11) is -3.15. The number of nitrogens with one attached hydrogen (secondary N) is 1. The molecule has 0 saturated carbocycles. The van der Waals surface area contributed by atoms with E-state index in [0.29, 0.717) is 4.90 Å². The second-order valence-electron chi connectivity index (χ2n) is 4.84. The maximum absolute atomic E-state index is 12.3. The zero-order valence-corrected chi connectivity index (χ0v) is 11.2. The fourth-order valence-corrected chi connectivity index (χ4v) is 4.22. The van der Waals surface area contributed by atoms with Crippen molar-refractivity contribution in [3.05, 3.63) is 29.3 Å². The van der Waals surface area contributed by atoms with E-state index in [9.17, 15) is 8.42 Å². The molecular formula is C13H19NO2S. The Labute approximate surface area is 103 Å². The molecule has 4 heteroatoms. The van der Waals surface area contributed by atoms with E-state index in [1.807, 2.05) is 26.0 Å². The molecule has 1 N–H and O–H groups in total. The Bertz CT molecular complexity index is 502. The third-order valence-electron chi connectivity index (χ3n) is 3.25. The average Bonchev–Trinajstić information content (AvgIpc) is 2.68. The number of aryl methyl sites for hydroxylation is 2. The molecule has 1 heterocycles. The van der Waals surface area contributed by atoms with E-state index in [4.69, 9.17) is 0 Å². The molecule has 0 aliphatic carbocycles. The first-order valence-corrected chi connectivity index (χ1v) is 7.68. The largest absolute Gasteiger partial charge is 0.313 e. The summed E-state index contributed by atoms with van der Waals surface area (Å²) in [5.41, 5.74) is 1.95. The highest BCUT2D eigenvalue weighted by Crippen LogP contribution is 2.20. The predicted octanol–water partition coefficient (Wildman–Crippen LogP) is 1.83. The zero-order valence-electron chi connectivity index (χ0n) is 10.4. The fraction of sp³-hybridized carbons (Fsp3) is 0.538. The van der Waals surface area contributed by atoms with Crippen LogP contribution >= 0.6 is 0 Å². The normalized spacial score (nSPS) is 20.7. The number of sulfone groups is 1. The Morgan fingerprint density at radius 1 is 1.35 bits per heavy atom. The van der Waals surface area contributed by atoms with Gasteiger partial charge in [0.15, 0.2) is 9.84 Å². The van der Waals surface area contributed by atoms with Crippen molar-refractivity contribution in [3.8, 4) is 0 Å². The van der Waals surface area contributed by atoms with Crippen molar-refractivity contribution >= 4 is 9.84 Å². The molecule has 1 atom stereocenters. The van der Waals surface area contributed by atoms with Crippen molar-refractivity contribution < 1.29 is 8.42 Å². The Kier molecular flexibility index (Phi) is 3.54. The van der Waals surface area contributed by atoms with E-state index < -0.39 is 9.84 Å². The summed E-state index contributed by atoms with van der Waals surface area (Å²) < 4.78 is 24.6. The minimum atomic E-state index is -3.15. The van der Waals surface area contributed by atoms with Crippen LogP contribution in [0.1, 0.15) is 24.0 Å². The highest BCUT2D eigenvalue weighted by Gasteiger charge is 2.24. The monoisotopic (exact) mass is 253 g/mol. The standard InChI is InChI=1S/C13H19NO2S/c1-10-5-6-13(11(2)8-10)17(15,16)9-12-4-3-7-14-12/h5-6,8,12,14H,3-4,7,9H2,1-2H3/t12-/m0/s1. The fourth-order valence-electron chi connectivity index (χ4n) is 2.40. The molecular weight excluding hydrogens is 234 g/mol. The average molecular weight is 253 g/mol. The molecule has 1 aliphatic rings. The first kappa shape index (κ1) is 12.6. The molecule has 0 aromatic heterocycles. The number of hydrogen-bond donors (Lipinski definition) is 1. The number of benzene rings is 1. The van der Waals surface area contributed by atoms with Crippen LogP contribution in [0.3, 0.4) is 0 Å². The quantitative estimate of drug-likeness (QED) is 0.894. The van der Waals surface area contributed by atoms with Crippen LogP contribution in [0.25, 0.3) is 0 Å². The van der Waals surface area contributed by atoms with Crippen molar-refractivity contribution in [1.82, 2.24) is 5.32 Å². The zero-order chi connectivity index (χ0) is 12.5. The van der Waals surface area contributed by atoms with E-state index in [2.05, 4.69) is 5.32 Å². The molecule has 1 aromatic carbocycles. The SMILES string of the molecule is Cc1ccc(S(=O)(=O)C[C@@H]2CCCN2)c(C)c1. The van der Waals surface area contributed by atoms with Crippen LogP contribution in [0.5, 0.6) is 0 Å². The van der Waals surface area contributed by atoms with Crippen LogP contribution in [0.2, 0.25) is 0 Å². The van der Waals surface area contributed by atoms with Gasteiger partial charge >= 0.3 is 0 Å². The first-order valence-electron chi connectivity index (χ1n) is 6.02. The lowest BCUT2D eigenvalue weighted by Gasteiger charge is -2.13. The van der Waals surface area contributed by atoms with Crippen molar-refractivity contribution in [3.63, 3.8) is 0 Å². The lowest BCUT2D eigenvalue weighted by Crippen LogP contribution is -2.30. The molecule has 1 aliphatic heterocycles. The topological polar surface area (TPSA) is 46.2 Å². The molecule has 0 unspecified atom stereocenters. The maximum atomic E-state index is 12.3. The van der Waals surface area contributed by atoms with E-state index in [-0.39, 0.29) is 11.8 Å². The summed E-state index contributed by atoms with van der Waals surface area (Å²) >= 11 is 0. The van der Waals surface area contributed by atoms with Crippen LogP contribution in [-0.4, -0.2) is 26.8 Å². The van der Waals surface area contributed by atoms with Gasteiger partial charge in [-0.3, -0.25) is 0 Å². The molecule has 2 rings (SSSR count). The van der Waals surface area contributed by atoms with Gasteiger partial charge in [-0.05, 0) is 44.9 Å². The Hall–Kier alpha value is -0.870. The van der Waals surface area contributed by atoms with Crippen LogP contribution in [0.15, 0.2) is 23.1 Å². The van der Waals surface area contributed by atoms with E-state index >= 15 is 0 Å². The van der Waals surface area contributed by atoms with Gasteiger partial charge in [-0.2, -0.15) is 0 Å². The van der Waals surface area contributed by atoms with Crippen molar-refractivity contribution in [1.29, 1.82) is 0 Å². The third kappa shape index (κ3) is 2.87. The summed E-state index contributed by atoms with van der Waals surface area (Å²) in [5, 5.41) is 3.23. The summed E-state index contributed by atoms with van der Waals surface area (Å²) in [6.45, 7) is 4.77. The number of rotatable bonds is 3. The Balaban J connectivity index is 2.24. The van der Waals surface area contributed by atoms with Gasteiger partial charge in [0.05, 0.1) is 10.6 Å². The molecule has 0 amide bonds. The first-order chi connectivity index (χ1) is 7.99. The molecule has 0 bridgehead atoms. The van der Waals surface area contributed by atoms with Gasteiger partial charge in [-0.25, -0.2) is 8.42 Å². The summed E-state index contributed by atoms with van der Waals surface area (Å²) in [4.78, 5) is 0.483. The van der Waals surface area contributed by atoms with Gasteiger partial charge in [0.25, 0.3) is 0 Å². The van der Waals surface area contributed by atoms with Gasteiger partial charge in [0, 0.05) is 6.04 Å². The minimum absolute atomic E-state index is 0.126. The molecule has 0 radical (unpaired) electrons. The molecule has 0 spiro atoms. The van der Waals surface area contributed by atoms with E-state index in [1.165, 1.54) is 0 Å². The molecule has 3 nitrogen and oxygen atoms in total. The highest BCUT2D eigenvalue weighted by atomic mass is 32.2. The third-order valence-corrected chi connectivity index (χ3v) is 5.22. The van der Waals surface area contributed by atoms with Crippen LogP contribution < -0.4 is 5.32 Å². The molecule has 1 saturated heterocycles. The van der Waals surface area contributed by atoms with Gasteiger partial charge in [-0.15, -0.1) is 0 Å². The smallest absolute Gasteiger partial charge is 0.180 e. The summed E-state index contributed by atoms with van der Waals surface area (Å²) in [6.07, 6.45) is 2.04.